The number of epoxide rings is 1. The van der Waals surface area contributed by atoms with Crippen molar-refractivity contribution >= 4 is 0 Å². The highest BCUT2D eigenvalue weighted by Crippen LogP contribution is 2.76. The molecule has 0 N–H and O–H groups in total. The topological polar surface area (TPSA) is 21.8 Å². The van der Waals surface area contributed by atoms with E-state index in [4.69, 9.17) is 9.47 Å². The zero-order valence-corrected chi connectivity index (χ0v) is 21.3. The molecular weight excluding hydrogens is 380 g/mol. The first-order chi connectivity index (χ1) is 14.7. The van der Waals surface area contributed by atoms with Gasteiger partial charge < -0.3 is 9.47 Å². The molecule has 5 fully saturated rings. The van der Waals surface area contributed by atoms with Crippen LogP contribution in [0, 0.1) is 52.3 Å². The maximum atomic E-state index is 6.87. The highest BCUT2D eigenvalue weighted by molar-refractivity contribution is 5.26. The predicted octanol–water partition coefficient (Wildman–Crippen LogP) is 7.28. The van der Waals surface area contributed by atoms with E-state index in [9.17, 15) is 0 Å². The number of hydrogen-bond donors (Lipinski definition) is 0. The van der Waals surface area contributed by atoms with Crippen LogP contribution in [0.3, 0.4) is 0 Å². The number of rotatable bonds is 5. The first-order valence-electron chi connectivity index (χ1n) is 13.6. The maximum Gasteiger partial charge on any atom is 0.101 e. The molecule has 11 atom stereocenters. The van der Waals surface area contributed by atoms with Gasteiger partial charge in [0.2, 0.25) is 0 Å². The van der Waals surface area contributed by atoms with Crippen LogP contribution >= 0.6 is 0 Å². The number of hydrogen-bond acceptors (Lipinski definition) is 2. The van der Waals surface area contributed by atoms with E-state index in [1.165, 1.54) is 51.4 Å². The lowest BCUT2D eigenvalue weighted by atomic mass is 9.44. The molecule has 0 aromatic heterocycles. The summed E-state index contributed by atoms with van der Waals surface area (Å²) < 4.78 is 12.7. The van der Waals surface area contributed by atoms with E-state index in [0.29, 0.717) is 34.9 Å². The summed E-state index contributed by atoms with van der Waals surface area (Å²) in [6.45, 7) is 14.9. The van der Waals surface area contributed by atoms with E-state index in [2.05, 4.69) is 53.7 Å². The molecule has 1 aliphatic heterocycles. The van der Waals surface area contributed by atoms with E-state index < -0.39 is 0 Å². The van der Waals surface area contributed by atoms with Crippen molar-refractivity contribution in [3.63, 3.8) is 0 Å². The second kappa shape index (κ2) is 7.59. The summed E-state index contributed by atoms with van der Waals surface area (Å²) in [5, 5.41) is 0. The molecule has 31 heavy (non-hydrogen) atoms. The molecule has 2 nitrogen and oxygen atoms in total. The first-order valence-corrected chi connectivity index (χ1v) is 13.6. The molecule has 4 aliphatic carbocycles. The van der Waals surface area contributed by atoms with Gasteiger partial charge in [0.25, 0.3) is 0 Å². The van der Waals surface area contributed by atoms with Gasteiger partial charge in [0.15, 0.2) is 0 Å². The molecule has 0 unspecified atom stereocenters. The summed E-state index contributed by atoms with van der Waals surface area (Å²) >= 11 is 0. The van der Waals surface area contributed by atoms with Crippen LogP contribution in [0.15, 0.2) is 12.2 Å². The second-order valence-electron chi connectivity index (χ2n) is 13.2. The molecule has 0 aromatic carbocycles. The molecule has 0 bridgehead atoms. The lowest BCUT2D eigenvalue weighted by Crippen LogP contribution is -2.59. The van der Waals surface area contributed by atoms with E-state index >= 15 is 0 Å². The quantitative estimate of drug-likeness (QED) is 0.339. The molecule has 176 valence electrons. The Balaban J connectivity index is 1.37. The van der Waals surface area contributed by atoms with Crippen LogP contribution in [0.5, 0.6) is 0 Å². The first kappa shape index (κ1) is 22.5. The summed E-state index contributed by atoms with van der Waals surface area (Å²) in [6.07, 6.45) is 16.9. The molecule has 1 heterocycles. The van der Waals surface area contributed by atoms with E-state index in [-0.39, 0.29) is 5.60 Å². The Labute approximate surface area is 191 Å². The fourth-order valence-electron chi connectivity index (χ4n) is 9.44. The van der Waals surface area contributed by atoms with Crippen LogP contribution in [0.25, 0.3) is 0 Å². The van der Waals surface area contributed by atoms with Crippen LogP contribution in [-0.2, 0) is 9.47 Å². The van der Waals surface area contributed by atoms with Crippen molar-refractivity contribution in [2.45, 2.75) is 111 Å². The normalized spacial score (nSPS) is 52.9. The largest absolute Gasteiger partial charge is 0.381 e. The van der Waals surface area contributed by atoms with Gasteiger partial charge in [-0.1, -0.05) is 53.7 Å². The van der Waals surface area contributed by atoms with Crippen molar-refractivity contribution in [3.8, 4) is 0 Å². The predicted molar refractivity (Wildman–Crippen MR) is 128 cm³/mol. The molecule has 1 spiro atoms. The van der Waals surface area contributed by atoms with Gasteiger partial charge in [0, 0.05) is 7.11 Å². The van der Waals surface area contributed by atoms with Crippen LogP contribution in [0.4, 0.5) is 0 Å². The van der Waals surface area contributed by atoms with Crippen molar-refractivity contribution in [2.75, 3.05) is 7.11 Å². The Kier molecular flexibility index (Phi) is 5.50. The van der Waals surface area contributed by atoms with Crippen molar-refractivity contribution in [1.29, 1.82) is 0 Å². The Morgan fingerprint density at radius 2 is 1.58 bits per heavy atom. The van der Waals surface area contributed by atoms with Crippen LogP contribution < -0.4 is 0 Å². The molecule has 2 heteroatoms. The van der Waals surface area contributed by atoms with Gasteiger partial charge in [0.1, 0.15) is 5.60 Å². The molecule has 0 amide bonds. The summed E-state index contributed by atoms with van der Waals surface area (Å²) in [4.78, 5) is 0. The number of fused-ring (bicyclic) bond motifs is 3. The van der Waals surface area contributed by atoms with Crippen LogP contribution in [0.2, 0.25) is 0 Å². The summed E-state index contributed by atoms with van der Waals surface area (Å²) in [6, 6.07) is 0. The van der Waals surface area contributed by atoms with Crippen molar-refractivity contribution in [2.24, 2.45) is 52.3 Å². The van der Waals surface area contributed by atoms with E-state index in [1.54, 1.807) is 0 Å². The smallest absolute Gasteiger partial charge is 0.101 e. The van der Waals surface area contributed by atoms with Gasteiger partial charge in [-0.2, -0.15) is 0 Å². The van der Waals surface area contributed by atoms with Gasteiger partial charge in [0.05, 0.1) is 12.2 Å². The lowest BCUT2D eigenvalue weighted by Gasteiger charge is -2.59. The van der Waals surface area contributed by atoms with Gasteiger partial charge in [-0.25, -0.2) is 0 Å². The fraction of sp³-hybridized carbons (Fsp3) is 0.931. The number of allylic oxidation sites excluding steroid dienone is 2. The van der Waals surface area contributed by atoms with Gasteiger partial charge in [-0.05, 0) is 104 Å². The van der Waals surface area contributed by atoms with Crippen LogP contribution in [-0.4, -0.2) is 24.9 Å². The highest BCUT2D eigenvalue weighted by Gasteiger charge is 2.78. The van der Waals surface area contributed by atoms with Crippen molar-refractivity contribution < 1.29 is 9.47 Å². The summed E-state index contributed by atoms with van der Waals surface area (Å²) in [5.74, 6) is 5.28. The Hall–Kier alpha value is -0.340. The third-order valence-electron chi connectivity index (χ3n) is 11.8. The zero-order valence-electron chi connectivity index (χ0n) is 21.3. The average molecular weight is 429 g/mol. The van der Waals surface area contributed by atoms with Crippen molar-refractivity contribution in [3.05, 3.63) is 12.2 Å². The molecule has 1 saturated heterocycles. The Morgan fingerprint density at radius 3 is 2.29 bits per heavy atom. The molecular formula is C29H48O2. The third-order valence-corrected chi connectivity index (χ3v) is 11.8. The third kappa shape index (κ3) is 3.17. The minimum Gasteiger partial charge on any atom is -0.381 e. The van der Waals surface area contributed by atoms with E-state index in [0.717, 1.165) is 29.6 Å². The van der Waals surface area contributed by atoms with Gasteiger partial charge in [-0.3, -0.25) is 0 Å². The monoisotopic (exact) mass is 428 g/mol. The minimum atomic E-state index is 0.224. The SMILES string of the molecule is CO[C@@H]1CC[C@@]2(C)[C@H](C1)C[C@H]1O[C@]13[C@@H]1CC[C@H]([C@H](C)/C=C/[C@H](C)C(C)C)[C@@]1(C)CC[C@@H]23. The van der Waals surface area contributed by atoms with E-state index in [1.807, 2.05) is 7.11 Å². The fourth-order valence-corrected chi connectivity index (χ4v) is 9.44. The molecule has 0 radical (unpaired) electrons. The minimum absolute atomic E-state index is 0.224. The number of ether oxygens (including phenoxy) is 2. The van der Waals surface area contributed by atoms with Crippen LogP contribution in [0.1, 0.15) is 92.9 Å². The second-order valence-corrected chi connectivity index (χ2v) is 13.2. The average Bonchev–Trinajstić information content (AvgIpc) is 3.31. The maximum absolute atomic E-state index is 6.87. The zero-order chi connectivity index (χ0) is 22.2. The van der Waals surface area contributed by atoms with Gasteiger partial charge in [-0.15, -0.1) is 0 Å². The lowest BCUT2D eigenvalue weighted by molar-refractivity contribution is -0.120. The van der Waals surface area contributed by atoms with Crippen molar-refractivity contribution in [1.82, 2.24) is 0 Å². The Morgan fingerprint density at radius 1 is 0.871 bits per heavy atom. The molecule has 5 rings (SSSR count). The molecule has 0 aromatic rings. The molecule has 4 saturated carbocycles. The summed E-state index contributed by atoms with van der Waals surface area (Å²) in [5.41, 5.74) is 1.16. The number of methoxy groups -OCH3 is 1. The molecule has 5 aliphatic rings. The van der Waals surface area contributed by atoms with Gasteiger partial charge >= 0.3 is 0 Å². The summed E-state index contributed by atoms with van der Waals surface area (Å²) in [7, 11) is 1.91. The standard InChI is InChI=1S/C29H48O2/c1-18(2)19(3)8-9-20(4)23-10-11-24-28(23,6)15-13-25-27(5)14-12-22(30-7)16-21(27)17-26-29(24,25)31-26/h8-9,18-26H,10-17H2,1-7H3/b9-8+/t19-,20+,21+,22+,23+,24+,25-,26+,27-,28+,29-/m0/s1. The Bertz CT molecular complexity index is 714. The highest BCUT2D eigenvalue weighted by atomic mass is 16.6.